The van der Waals surface area contributed by atoms with Crippen LogP contribution in [0.4, 0.5) is 0 Å². The predicted molar refractivity (Wildman–Crippen MR) is 109 cm³/mol. The first-order valence-electron chi connectivity index (χ1n) is 9.34. The van der Waals surface area contributed by atoms with Gasteiger partial charge in [-0.1, -0.05) is 18.2 Å². The molecule has 2 atom stereocenters. The quantitative estimate of drug-likeness (QED) is 0.646. The van der Waals surface area contributed by atoms with Crippen molar-refractivity contribution < 1.29 is 23.7 Å². The molecule has 0 saturated carbocycles. The summed E-state index contributed by atoms with van der Waals surface area (Å²) in [5.41, 5.74) is 4.04. The number of hydrogen-bond acceptors (Lipinski definition) is 6. The Morgan fingerprint density at radius 2 is 1.69 bits per heavy atom. The second-order valence-electron chi connectivity index (χ2n) is 6.90. The molecule has 152 valence electrons. The fraction of sp³-hybridized carbons (Fsp3) is 0.318. The molecule has 1 aliphatic heterocycles. The number of esters is 1. The number of carbonyl (C=O) groups excluding carboxylic acids is 1. The molecule has 4 rings (SSSR count). The van der Waals surface area contributed by atoms with E-state index in [1.165, 1.54) is 7.11 Å². The van der Waals surface area contributed by atoms with Crippen molar-refractivity contribution in [2.75, 3.05) is 28.4 Å². The lowest BCUT2D eigenvalue weighted by Gasteiger charge is -2.31. The monoisotopic (exact) mass is 396 g/mol. The van der Waals surface area contributed by atoms with E-state index in [9.17, 15) is 4.79 Å². The number of benzene rings is 2. The summed E-state index contributed by atoms with van der Waals surface area (Å²) in [7, 11) is 6.15. The third-order valence-electron chi connectivity index (χ3n) is 5.42. The molecular weight excluding hydrogens is 372 g/mol. The summed E-state index contributed by atoms with van der Waals surface area (Å²) < 4.78 is 21.5. The molecule has 2 heterocycles. The molecule has 1 aromatic heterocycles. The van der Waals surface area contributed by atoms with E-state index in [2.05, 4.69) is 16.4 Å². The zero-order valence-electron chi connectivity index (χ0n) is 16.9. The second kappa shape index (κ2) is 7.67. The van der Waals surface area contributed by atoms with Crippen LogP contribution in [-0.2, 0) is 16.0 Å². The van der Waals surface area contributed by atoms with Crippen LogP contribution in [0.5, 0.6) is 17.2 Å². The van der Waals surface area contributed by atoms with Crippen molar-refractivity contribution in [3.8, 4) is 17.2 Å². The van der Waals surface area contributed by atoms with Gasteiger partial charge in [-0.25, -0.2) is 0 Å². The average Bonchev–Trinajstić information content (AvgIpc) is 3.15. The summed E-state index contributed by atoms with van der Waals surface area (Å²) in [6.45, 7) is 0. The van der Waals surface area contributed by atoms with Crippen molar-refractivity contribution in [3.63, 3.8) is 0 Å². The molecule has 2 aromatic carbocycles. The minimum Gasteiger partial charge on any atom is -0.493 e. The highest BCUT2D eigenvalue weighted by atomic mass is 16.5. The summed E-state index contributed by atoms with van der Waals surface area (Å²) >= 11 is 0. The van der Waals surface area contributed by atoms with Crippen LogP contribution in [0, 0.1) is 0 Å². The molecular formula is C22H24N2O5. The molecule has 0 bridgehead atoms. The summed E-state index contributed by atoms with van der Waals surface area (Å²) in [6.07, 6.45) is 0.549. The number of ether oxygens (including phenoxy) is 4. The molecule has 0 fully saturated rings. The van der Waals surface area contributed by atoms with Gasteiger partial charge in [0.2, 0.25) is 5.75 Å². The van der Waals surface area contributed by atoms with E-state index in [1.807, 2.05) is 30.3 Å². The van der Waals surface area contributed by atoms with Gasteiger partial charge in [0.05, 0.1) is 34.5 Å². The molecule has 7 nitrogen and oxygen atoms in total. The summed E-state index contributed by atoms with van der Waals surface area (Å²) in [5, 5.41) is 4.53. The van der Waals surface area contributed by atoms with E-state index >= 15 is 0 Å². The van der Waals surface area contributed by atoms with Gasteiger partial charge in [0.1, 0.15) is 6.04 Å². The van der Waals surface area contributed by atoms with Crippen LogP contribution in [0.3, 0.4) is 0 Å². The number of nitrogens with one attached hydrogen (secondary N) is 2. The van der Waals surface area contributed by atoms with E-state index in [-0.39, 0.29) is 12.0 Å². The third-order valence-corrected chi connectivity index (χ3v) is 5.42. The largest absolute Gasteiger partial charge is 0.493 e. The fourth-order valence-corrected chi connectivity index (χ4v) is 4.06. The van der Waals surface area contributed by atoms with Gasteiger partial charge < -0.3 is 23.9 Å². The number of para-hydroxylation sites is 1. The highest BCUT2D eigenvalue weighted by Crippen LogP contribution is 2.43. The first-order chi connectivity index (χ1) is 14.1. The van der Waals surface area contributed by atoms with E-state index < -0.39 is 6.04 Å². The Labute approximate surface area is 168 Å². The maximum atomic E-state index is 12.4. The second-order valence-corrected chi connectivity index (χ2v) is 6.90. The van der Waals surface area contributed by atoms with Crippen LogP contribution in [0.25, 0.3) is 10.9 Å². The molecule has 29 heavy (non-hydrogen) atoms. The van der Waals surface area contributed by atoms with E-state index in [1.54, 1.807) is 21.3 Å². The SMILES string of the molecule is COC(=O)[C@H]1Cc2c([nH]c3ccccc23)[C@@H](c2cc(OC)c(OC)c(OC)c2)N1. The van der Waals surface area contributed by atoms with Crippen molar-refractivity contribution in [1.29, 1.82) is 0 Å². The van der Waals surface area contributed by atoms with Gasteiger partial charge in [0, 0.05) is 23.0 Å². The first-order valence-corrected chi connectivity index (χ1v) is 9.34. The number of methoxy groups -OCH3 is 4. The zero-order chi connectivity index (χ0) is 20.5. The van der Waals surface area contributed by atoms with Gasteiger partial charge in [0.15, 0.2) is 11.5 Å². The van der Waals surface area contributed by atoms with Crippen molar-refractivity contribution in [2.24, 2.45) is 0 Å². The topological polar surface area (TPSA) is 81.8 Å². The number of rotatable bonds is 5. The van der Waals surface area contributed by atoms with Crippen LogP contribution in [-0.4, -0.2) is 45.4 Å². The van der Waals surface area contributed by atoms with E-state index in [0.29, 0.717) is 23.7 Å². The lowest BCUT2D eigenvalue weighted by Crippen LogP contribution is -2.45. The Morgan fingerprint density at radius 3 is 2.31 bits per heavy atom. The Bertz CT molecular complexity index is 1030. The normalized spacial score (nSPS) is 18.2. The van der Waals surface area contributed by atoms with E-state index in [4.69, 9.17) is 18.9 Å². The molecule has 0 saturated heterocycles. The van der Waals surface area contributed by atoms with Gasteiger partial charge in [-0.3, -0.25) is 10.1 Å². The maximum absolute atomic E-state index is 12.4. The molecule has 3 aromatic rings. The Morgan fingerprint density at radius 1 is 1.00 bits per heavy atom. The Hall–Kier alpha value is -3.19. The Kier molecular flexibility index (Phi) is 5.07. The minimum absolute atomic E-state index is 0.274. The highest BCUT2D eigenvalue weighted by molar-refractivity contribution is 5.87. The standard InChI is InChI=1S/C22H24N2O5/c1-26-17-9-12(10-18(27-2)21(17)28-3)19-20-14(11-16(24-19)22(25)29-4)13-7-5-6-8-15(13)23-20/h5-10,16,19,23-24H,11H2,1-4H3/t16-,19-/m1/s1. The lowest BCUT2D eigenvalue weighted by molar-refractivity contribution is -0.143. The van der Waals surface area contributed by atoms with Gasteiger partial charge >= 0.3 is 5.97 Å². The van der Waals surface area contributed by atoms with Gasteiger partial charge in [-0.2, -0.15) is 0 Å². The zero-order valence-corrected chi connectivity index (χ0v) is 16.9. The first kappa shape index (κ1) is 19.1. The van der Waals surface area contributed by atoms with Crippen LogP contribution >= 0.6 is 0 Å². The number of aromatic amines is 1. The summed E-state index contributed by atoms with van der Waals surface area (Å²) in [4.78, 5) is 15.9. The number of H-pyrrole nitrogens is 1. The fourth-order valence-electron chi connectivity index (χ4n) is 4.06. The van der Waals surface area contributed by atoms with Crippen LogP contribution in [0.2, 0.25) is 0 Å². The van der Waals surface area contributed by atoms with Crippen LogP contribution in [0.15, 0.2) is 36.4 Å². The number of fused-ring (bicyclic) bond motifs is 3. The van der Waals surface area contributed by atoms with Crippen molar-refractivity contribution in [3.05, 3.63) is 53.2 Å². The highest BCUT2D eigenvalue weighted by Gasteiger charge is 2.35. The molecule has 2 N–H and O–H groups in total. The number of carbonyl (C=O) groups is 1. The van der Waals surface area contributed by atoms with E-state index in [0.717, 1.165) is 27.7 Å². The molecule has 0 spiro atoms. The lowest BCUT2D eigenvalue weighted by atomic mass is 9.90. The molecule has 0 amide bonds. The summed E-state index contributed by atoms with van der Waals surface area (Å²) in [6, 6.07) is 11.1. The smallest absolute Gasteiger partial charge is 0.323 e. The van der Waals surface area contributed by atoms with Crippen molar-refractivity contribution in [1.82, 2.24) is 10.3 Å². The average molecular weight is 396 g/mol. The van der Waals surface area contributed by atoms with Crippen LogP contribution in [0.1, 0.15) is 22.9 Å². The van der Waals surface area contributed by atoms with Crippen molar-refractivity contribution in [2.45, 2.75) is 18.5 Å². The minimum atomic E-state index is -0.462. The molecule has 1 aliphatic rings. The molecule has 0 unspecified atom stereocenters. The van der Waals surface area contributed by atoms with Gasteiger partial charge in [-0.05, 0) is 29.3 Å². The Balaban J connectivity index is 1.90. The number of aromatic nitrogens is 1. The molecule has 7 heteroatoms. The third kappa shape index (κ3) is 3.17. The number of hydrogen-bond donors (Lipinski definition) is 2. The molecule has 0 aliphatic carbocycles. The van der Waals surface area contributed by atoms with Crippen LogP contribution < -0.4 is 19.5 Å². The van der Waals surface area contributed by atoms with Gasteiger partial charge in [0.25, 0.3) is 0 Å². The maximum Gasteiger partial charge on any atom is 0.323 e. The summed E-state index contributed by atoms with van der Waals surface area (Å²) in [5.74, 6) is 1.34. The van der Waals surface area contributed by atoms with Gasteiger partial charge in [-0.15, -0.1) is 0 Å². The predicted octanol–water partition coefficient (Wildman–Crippen LogP) is 2.97. The molecule has 0 radical (unpaired) electrons. The van der Waals surface area contributed by atoms with Crippen molar-refractivity contribution >= 4 is 16.9 Å².